The molecule has 1 aromatic carbocycles. The van der Waals surface area contributed by atoms with E-state index in [4.69, 9.17) is 5.73 Å². The molecule has 0 spiro atoms. The number of hydrogen-bond donors (Lipinski definition) is 3. The summed E-state index contributed by atoms with van der Waals surface area (Å²) < 4.78 is 0. The van der Waals surface area contributed by atoms with Crippen molar-refractivity contribution in [3.8, 4) is 0 Å². The predicted molar refractivity (Wildman–Crippen MR) is 90.6 cm³/mol. The number of carbonyl (C=O) groups is 1. The molecule has 0 fully saturated rings. The van der Waals surface area contributed by atoms with Crippen LogP contribution in [-0.2, 0) is 0 Å². The number of amides is 1. The summed E-state index contributed by atoms with van der Waals surface area (Å²) in [5, 5.41) is 6.26. The van der Waals surface area contributed by atoms with Crippen LogP contribution in [0.15, 0.2) is 18.2 Å². The fraction of sp³-hybridized carbons (Fsp3) is 0.588. The predicted octanol–water partition coefficient (Wildman–Crippen LogP) is 3.65. The SMILES string of the molecule is CCNC(=O)c1ccc(N)cc1NC(C)CCCC(C)C. The van der Waals surface area contributed by atoms with Crippen LogP contribution in [0.5, 0.6) is 0 Å². The molecule has 4 nitrogen and oxygen atoms in total. The molecule has 0 radical (unpaired) electrons. The molecular weight excluding hydrogens is 262 g/mol. The van der Waals surface area contributed by atoms with E-state index in [-0.39, 0.29) is 5.91 Å². The lowest BCUT2D eigenvalue weighted by atomic mass is 10.0. The first-order valence-corrected chi connectivity index (χ1v) is 7.88. The molecule has 4 N–H and O–H groups in total. The Morgan fingerprint density at radius 3 is 2.57 bits per heavy atom. The molecule has 21 heavy (non-hydrogen) atoms. The molecule has 0 aromatic heterocycles. The highest BCUT2D eigenvalue weighted by molar-refractivity contribution is 6.00. The second-order valence-electron chi connectivity index (χ2n) is 6.03. The summed E-state index contributed by atoms with van der Waals surface area (Å²) in [5.74, 6) is 0.671. The molecule has 1 atom stereocenters. The summed E-state index contributed by atoms with van der Waals surface area (Å²) >= 11 is 0. The minimum atomic E-state index is -0.0608. The Bertz CT molecular complexity index is 457. The second-order valence-corrected chi connectivity index (χ2v) is 6.03. The van der Waals surface area contributed by atoms with E-state index in [0.717, 1.165) is 18.0 Å². The Labute approximate surface area is 128 Å². The maximum absolute atomic E-state index is 12.1. The van der Waals surface area contributed by atoms with E-state index in [0.29, 0.717) is 23.8 Å². The van der Waals surface area contributed by atoms with E-state index in [2.05, 4.69) is 31.4 Å². The Morgan fingerprint density at radius 1 is 1.24 bits per heavy atom. The van der Waals surface area contributed by atoms with Crippen molar-refractivity contribution in [2.75, 3.05) is 17.6 Å². The molecule has 0 saturated carbocycles. The Kier molecular flexibility index (Phi) is 7.06. The first-order valence-electron chi connectivity index (χ1n) is 7.88. The molecule has 118 valence electrons. The monoisotopic (exact) mass is 291 g/mol. The van der Waals surface area contributed by atoms with Gasteiger partial charge in [-0.25, -0.2) is 0 Å². The van der Waals surface area contributed by atoms with Crippen LogP contribution in [0, 0.1) is 5.92 Å². The van der Waals surface area contributed by atoms with Gasteiger partial charge in [0.05, 0.1) is 5.56 Å². The van der Waals surface area contributed by atoms with E-state index in [1.807, 2.05) is 13.0 Å². The van der Waals surface area contributed by atoms with Crippen molar-refractivity contribution in [2.45, 2.75) is 53.0 Å². The van der Waals surface area contributed by atoms with Gasteiger partial charge in [-0.3, -0.25) is 4.79 Å². The summed E-state index contributed by atoms with van der Waals surface area (Å²) in [6.45, 7) is 9.15. The van der Waals surface area contributed by atoms with Crippen molar-refractivity contribution >= 4 is 17.3 Å². The third kappa shape index (κ3) is 6.06. The fourth-order valence-corrected chi connectivity index (χ4v) is 2.30. The lowest BCUT2D eigenvalue weighted by Gasteiger charge is -2.19. The zero-order valence-electron chi connectivity index (χ0n) is 13.7. The van der Waals surface area contributed by atoms with Gasteiger partial charge in [-0.2, -0.15) is 0 Å². The van der Waals surface area contributed by atoms with Gasteiger partial charge in [0.2, 0.25) is 0 Å². The van der Waals surface area contributed by atoms with Crippen LogP contribution < -0.4 is 16.4 Å². The average molecular weight is 291 g/mol. The topological polar surface area (TPSA) is 67.2 Å². The summed E-state index contributed by atoms with van der Waals surface area (Å²) in [7, 11) is 0. The van der Waals surface area contributed by atoms with Gasteiger partial charge >= 0.3 is 0 Å². The van der Waals surface area contributed by atoms with Gasteiger partial charge in [0.1, 0.15) is 0 Å². The molecule has 1 aromatic rings. The number of nitrogens with one attached hydrogen (secondary N) is 2. The maximum Gasteiger partial charge on any atom is 0.253 e. The molecule has 0 saturated heterocycles. The lowest BCUT2D eigenvalue weighted by molar-refractivity contribution is 0.0956. The van der Waals surface area contributed by atoms with E-state index < -0.39 is 0 Å². The summed E-state index contributed by atoms with van der Waals surface area (Å²) in [5.41, 5.74) is 7.98. The quantitative estimate of drug-likeness (QED) is 0.640. The molecule has 1 unspecified atom stereocenters. The van der Waals surface area contributed by atoms with Gasteiger partial charge in [-0.1, -0.05) is 26.7 Å². The van der Waals surface area contributed by atoms with Crippen molar-refractivity contribution in [3.63, 3.8) is 0 Å². The third-order valence-electron chi connectivity index (χ3n) is 3.45. The number of rotatable bonds is 8. The van der Waals surface area contributed by atoms with Crippen LogP contribution in [0.2, 0.25) is 0 Å². The number of anilines is 2. The highest BCUT2D eigenvalue weighted by atomic mass is 16.1. The zero-order valence-corrected chi connectivity index (χ0v) is 13.7. The smallest absolute Gasteiger partial charge is 0.253 e. The minimum absolute atomic E-state index is 0.0608. The van der Waals surface area contributed by atoms with Crippen LogP contribution in [-0.4, -0.2) is 18.5 Å². The van der Waals surface area contributed by atoms with Crippen molar-refractivity contribution in [2.24, 2.45) is 5.92 Å². The van der Waals surface area contributed by atoms with Crippen molar-refractivity contribution < 1.29 is 4.79 Å². The Morgan fingerprint density at radius 2 is 1.95 bits per heavy atom. The van der Waals surface area contributed by atoms with Crippen LogP contribution in [0.1, 0.15) is 57.3 Å². The Balaban J connectivity index is 2.71. The molecule has 0 aliphatic rings. The highest BCUT2D eigenvalue weighted by Crippen LogP contribution is 2.21. The highest BCUT2D eigenvalue weighted by Gasteiger charge is 2.13. The lowest BCUT2D eigenvalue weighted by Crippen LogP contribution is -2.25. The summed E-state index contributed by atoms with van der Waals surface area (Å²) in [4.78, 5) is 12.1. The van der Waals surface area contributed by atoms with Gasteiger partial charge < -0.3 is 16.4 Å². The van der Waals surface area contributed by atoms with Crippen LogP contribution >= 0.6 is 0 Å². The Hall–Kier alpha value is -1.71. The standard InChI is InChI=1S/C17H29N3O/c1-5-19-17(21)15-10-9-14(18)11-16(15)20-13(4)8-6-7-12(2)3/h9-13,20H,5-8,18H2,1-4H3,(H,19,21). The van der Waals surface area contributed by atoms with Gasteiger partial charge in [-0.15, -0.1) is 0 Å². The molecule has 0 bridgehead atoms. The zero-order chi connectivity index (χ0) is 15.8. The molecular formula is C17H29N3O. The number of hydrogen-bond acceptors (Lipinski definition) is 3. The third-order valence-corrected chi connectivity index (χ3v) is 3.45. The maximum atomic E-state index is 12.1. The molecule has 4 heteroatoms. The molecule has 1 amide bonds. The van der Waals surface area contributed by atoms with Crippen LogP contribution in [0.4, 0.5) is 11.4 Å². The van der Waals surface area contributed by atoms with Crippen molar-refractivity contribution in [3.05, 3.63) is 23.8 Å². The van der Waals surface area contributed by atoms with Crippen molar-refractivity contribution in [1.29, 1.82) is 0 Å². The van der Waals surface area contributed by atoms with Gasteiger partial charge in [0, 0.05) is 24.0 Å². The number of carbonyl (C=O) groups excluding carboxylic acids is 1. The number of nitrogen functional groups attached to an aromatic ring is 1. The fourth-order valence-electron chi connectivity index (χ4n) is 2.30. The average Bonchev–Trinajstić information content (AvgIpc) is 2.38. The van der Waals surface area contributed by atoms with Crippen LogP contribution in [0.25, 0.3) is 0 Å². The number of benzene rings is 1. The normalized spacial score (nSPS) is 12.2. The van der Waals surface area contributed by atoms with Crippen LogP contribution in [0.3, 0.4) is 0 Å². The van der Waals surface area contributed by atoms with E-state index in [1.54, 1.807) is 12.1 Å². The van der Waals surface area contributed by atoms with Crippen molar-refractivity contribution in [1.82, 2.24) is 5.32 Å². The molecule has 1 rings (SSSR count). The van der Waals surface area contributed by atoms with Gasteiger partial charge in [0.25, 0.3) is 5.91 Å². The summed E-state index contributed by atoms with van der Waals surface area (Å²) in [6.07, 6.45) is 3.50. The van der Waals surface area contributed by atoms with E-state index in [1.165, 1.54) is 12.8 Å². The van der Waals surface area contributed by atoms with Gasteiger partial charge in [0.15, 0.2) is 0 Å². The molecule has 0 aliphatic carbocycles. The molecule has 0 heterocycles. The second kappa shape index (κ2) is 8.55. The van der Waals surface area contributed by atoms with Gasteiger partial charge in [-0.05, 0) is 44.4 Å². The first-order chi connectivity index (χ1) is 9.93. The summed E-state index contributed by atoms with van der Waals surface area (Å²) in [6, 6.07) is 5.70. The largest absolute Gasteiger partial charge is 0.399 e. The minimum Gasteiger partial charge on any atom is -0.399 e. The molecule has 0 aliphatic heterocycles. The van der Waals surface area contributed by atoms with E-state index >= 15 is 0 Å². The first kappa shape index (κ1) is 17.3. The number of nitrogens with two attached hydrogens (primary N) is 1. The van der Waals surface area contributed by atoms with E-state index in [9.17, 15) is 4.79 Å².